The van der Waals surface area contributed by atoms with Crippen molar-refractivity contribution in [1.82, 2.24) is 9.71 Å². The molecule has 23 heavy (non-hydrogen) atoms. The van der Waals surface area contributed by atoms with Crippen LogP contribution < -0.4 is 13.8 Å². The van der Waals surface area contributed by atoms with Crippen LogP contribution in [0.25, 0.3) is 0 Å². The van der Waals surface area contributed by atoms with E-state index in [0.29, 0.717) is 18.1 Å². The Morgan fingerprint density at radius 3 is 2.74 bits per heavy atom. The van der Waals surface area contributed by atoms with Crippen molar-refractivity contribution in [2.45, 2.75) is 13.3 Å². The predicted molar refractivity (Wildman–Crippen MR) is 91.8 cm³/mol. The molecule has 0 saturated carbocycles. The van der Waals surface area contributed by atoms with Gasteiger partial charge in [-0.25, -0.2) is 18.8 Å². The van der Waals surface area contributed by atoms with E-state index in [9.17, 15) is 9.90 Å². The van der Waals surface area contributed by atoms with Crippen molar-refractivity contribution in [3.63, 3.8) is 0 Å². The summed E-state index contributed by atoms with van der Waals surface area (Å²) in [5.41, 5.74) is 2.46. The molecule has 0 unspecified atom stereocenters. The van der Waals surface area contributed by atoms with Gasteiger partial charge in [0.05, 0.1) is 19.0 Å². The molecule has 0 spiro atoms. The van der Waals surface area contributed by atoms with E-state index in [2.05, 4.69) is 9.71 Å². The third-order valence-corrected chi connectivity index (χ3v) is 4.01. The molecule has 1 heterocycles. The molecule has 1 aromatic carbocycles. The Labute approximate surface area is 139 Å². The number of hydrogen-bond donors (Lipinski definition) is 2. The summed E-state index contributed by atoms with van der Waals surface area (Å²) in [4.78, 5) is 15.5. The highest BCUT2D eigenvalue weighted by Gasteiger charge is 2.17. The van der Waals surface area contributed by atoms with Crippen LogP contribution in [0.5, 0.6) is 5.88 Å². The van der Waals surface area contributed by atoms with Crippen molar-refractivity contribution in [3.05, 3.63) is 53.7 Å². The van der Waals surface area contributed by atoms with Gasteiger partial charge in [0.1, 0.15) is 0 Å². The second-order valence-electron chi connectivity index (χ2n) is 4.82. The number of nitrogens with one attached hydrogen (secondary N) is 1. The molecular formula is C16H19N3O3S. The highest BCUT2D eigenvalue weighted by atomic mass is 32.2. The highest BCUT2D eigenvalue weighted by Crippen LogP contribution is 2.25. The molecule has 0 aliphatic rings. The fourth-order valence-corrected chi connectivity index (χ4v) is 2.63. The predicted octanol–water partition coefficient (Wildman–Crippen LogP) is 3.28. The first kappa shape index (κ1) is 17.1. The zero-order valence-corrected chi connectivity index (χ0v) is 13.8. The van der Waals surface area contributed by atoms with Gasteiger partial charge >= 0.3 is 6.09 Å². The average molecular weight is 333 g/mol. The van der Waals surface area contributed by atoms with Crippen LogP contribution in [-0.4, -0.2) is 29.8 Å². The number of aryl methyl sites for hydroxylation is 1. The first-order valence-corrected chi connectivity index (χ1v) is 7.86. The molecule has 2 rings (SSSR count). The third kappa shape index (κ3) is 4.87. The molecule has 0 aliphatic heterocycles. The number of methoxy groups -OCH3 is 1. The Kier molecular flexibility index (Phi) is 6.25. The average Bonchev–Trinajstić information content (AvgIpc) is 2.55. The molecule has 6 nitrogen and oxygen atoms in total. The van der Waals surface area contributed by atoms with Crippen LogP contribution >= 0.6 is 12.1 Å². The van der Waals surface area contributed by atoms with Gasteiger partial charge in [0.2, 0.25) is 5.88 Å². The zero-order chi connectivity index (χ0) is 16.7. The van der Waals surface area contributed by atoms with Crippen LogP contribution in [0.1, 0.15) is 11.1 Å². The second-order valence-corrected chi connectivity index (χ2v) is 5.65. The van der Waals surface area contributed by atoms with Crippen molar-refractivity contribution in [2.75, 3.05) is 18.0 Å². The maximum atomic E-state index is 11.4. The van der Waals surface area contributed by atoms with Crippen LogP contribution in [0.3, 0.4) is 0 Å². The summed E-state index contributed by atoms with van der Waals surface area (Å²) in [6.45, 7) is 2.48. The molecule has 122 valence electrons. The molecule has 1 aromatic heterocycles. The van der Waals surface area contributed by atoms with Crippen LogP contribution in [0.4, 0.5) is 10.5 Å². The number of anilines is 1. The lowest BCUT2D eigenvalue weighted by Gasteiger charge is -2.18. The number of ether oxygens (including phenoxy) is 1. The number of pyridine rings is 1. The maximum absolute atomic E-state index is 11.4. The molecule has 1 amide bonds. The fraction of sp³-hybridized carbons (Fsp3) is 0.250. The van der Waals surface area contributed by atoms with Crippen LogP contribution in [0, 0.1) is 6.92 Å². The summed E-state index contributed by atoms with van der Waals surface area (Å²) >= 11 is 1.03. The first-order chi connectivity index (χ1) is 11.1. The molecule has 0 fully saturated rings. The van der Waals surface area contributed by atoms with E-state index in [0.717, 1.165) is 28.4 Å². The smallest absolute Gasteiger partial charge is 0.423 e. The van der Waals surface area contributed by atoms with Gasteiger partial charge in [-0.05, 0) is 25.0 Å². The quantitative estimate of drug-likeness (QED) is 0.598. The van der Waals surface area contributed by atoms with Gasteiger partial charge in [-0.2, -0.15) is 0 Å². The normalized spacial score (nSPS) is 10.3. The molecule has 2 aromatic rings. The number of carboxylic acid groups (broad SMARTS) is 1. The summed E-state index contributed by atoms with van der Waals surface area (Å²) in [5, 5.41) is 9.37. The van der Waals surface area contributed by atoms with Crippen molar-refractivity contribution < 1.29 is 14.6 Å². The Morgan fingerprint density at radius 2 is 2.13 bits per heavy atom. The van der Waals surface area contributed by atoms with Gasteiger partial charge in [-0.15, -0.1) is 0 Å². The van der Waals surface area contributed by atoms with Gasteiger partial charge in [0.15, 0.2) is 0 Å². The largest absolute Gasteiger partial charge is 0.481 e. The molecule has 0 aliphatic carbocycles. The number of benzene rings is 1. The number of aromatic nitrogens is 1. The Hall–Kier alpha value is -2.25. The second kappa shape index (κ2) is 8.40. The summed E-state index contributed by atoms with van der Waals surface area (Å²) in [6, 6.07) is 11.7. The van der Waals surface area contributed by atoms with Crippen LogP contribution in [0.2, 0.25) is 0 Å². The van der Waals surface area contributed by atoms with E-state index in [1.807, 2.05) is 37.3 Å². The van der Waals surface area contributed by atoms with E-state index in [1.54, 1.807) is 6.07 Å². The first-order valence-electron chi connectivity index (χ1n) is 7.09. The van der Waals surface area contributed by atoms with Crippen molar-refractivity contribution >= 4 is 23.9 Å². The number of carbonyl (C=O) groups is 1. The van der Waals surface area contributed by atoms with Crippen molar-refractivity contribution in [3.8, 4) is 5.88 Å². The fourth-order valence-electron chi connectivity index (χ4n) is 2.02. The standard InChI is InChI=1S/C16H19N3O3S/c1-12-10-14(11-17-15(12)22-2)19(16(20)21)23-18-9-8-13-6-4-3-5-7-13/h3-7,10-11,18H,8-9H2,1-2H3,(H,20,21). The minimum atomic E-state index is -1.06. The van der Waals surface area contributed by atoms with E-state index in [-0.39, 0.29) is 0 Å². The molecule has 0 saturated heterocycles. The van der Waals surface area contributed by atoms with Crippen molar-refractivity contribution in [2.24, 2.45) is 0 Å². The van der Waals surface area contributed by atoms with Gasteiger partial charge in [0, 0.05) is 24.2 Å². The van der Waals surface area contributed by atoms with Crippen LogP contribution in [-0.2, 0) is 6.42 Å². The molecule has 0 radical (unpaired) electrons. The summed E-state index contributed by atoms with van der Waals surface area (Å²) in [5.74, 6) is 0.487. The van der Waals surface area contributed by atoms with Gasteiger partial charge in [-0.1, -0.05) is 30.3 Å². The maximum Gasteiger partial charge on any atom is 0.423 e. The zero-order valence-electron chi connectivity index (χ0n) is 13.0. The molecule has 2 N–H and O–H groups in total. The Morgan fingerprint density at radius 1 is 1.39 bits per heavy atom. The third-order valence-electron chi connectivity index (χ3n) is 3.13. The van der Waals surface area contributed by atoms with Gasteiger partial charge < -0.3 is 9.84 Å². The Balaban J connectivity index is 1.94. The van der Waals surface area contributed by atoms with E-state index in [1.165, 1.54) is 18.9 Å². The number of amides is 1. The monoisotopic (exact) mass is 333 g/mol. The lowest BCUT2D eigenvalue weighted by atomic mass is 10.2. The lowest BCUT2D eigenvalue weighted by Crippen LogP contribution is -2.27. The Bertz CT molecular complexity index is 652. The minimum absolute atomic E-state index is 0.480. The number of hydrogen-bond acceptors (Lipinski definition) is 5. The van der Waals surface area contributed by atoms with Gasteiger partial charge in [-0.3, -0.25) is 0 Å². The topological polar surface area (TPSA) is 74.7 Å². The minimum Gasteiger partial charge on any atom is -0.481 e. The lowest BCUT2D eigenvalue weighted by molar-refractivity contribution is 0.206. The summed E-state index contributed by atoms with van der Waals surface area (Å²) in [7, 11) is 1.53. The SMILES string of the molecule is COc1ncc(N(SNCCc2ccccc2)C(=O)O)cc1C. The molecule has 0 bridgehead atoms. The van der Waals surface area contributed by atoms with E-state index in [4.69, 9.17) is 4.74 Å². The molecule has 7 heteroatoms. The van der Waals surface area contributed by atoms with Crippen LogP contribution in [0.15, 0.2) is 42.6 Å². The van der Waals surface area contributed by atoms with E-state index >= 15 is 0 Å². The molecule has 0 atom stereocenters. The summed E-state index contributed by atoms with van der Waals surface area (Å²) < 4.78 is 9.30. The van der Waals surface area contributed by atoms with Crippen molar-refractivity contribution in [1.29, 1.82) is 0 Å². The number of nitrogens with zero attached hydrogens (tertiary/aromatic N) is 2. The molecular weight excluding hydrogens is 314 g/mol. The number of rotatable bonds is 7. The highest BCUT2D eigenvalue weighted by molar-refractivity contribution is 7.99. The van der Waals surface area contributed by atoms with Gasteiger partial charge in [0.25, 0.3) is 0 Å². The van der Waals surface area contributed by atoms with E-state index < -0.39 is 6.09 Å². The summed E-state index contributed by atoms with van der Waals surface area (Å²) in [6.07, 6.45) is 1.24.